The molecule has 17 heavy (non-hydrogen) atoms. The molecule has 3 rings (SSSR count). The molecule has 2 aliphatic rings. The third-order valence-corrected chi connectivity index (χ3v) is 3.59. The number of hydrogen-bond acceptors (Lipinski definition) is 1. The smallest absolute Gasteiger partial charge is 0.0551 e. The van der Waals surface area contributed by atoms with Crippen molar-refractivity contribution in [3.63, 3.8) is 0 Å². The van der Waals surface area contributed by atoms with Crippen LogP contribution in [0.2, 0.25) is 0 Å². The van der Waals surface area contributed by atoms with Crippen molar-refractivity contribution in [3.05, 3.63) is 41.0 Å². The fourth-order valence-electron chi connectivity index (χ4n) is 2.71. The Labute approximate surface area is 104 Å². The van der Waals surface area contributed by atoms with Gasteiger partial charge in [-0.15, -0.1) is 0 Å². The van der Waals surface area contributed by atoms with Crippen molar-refractivity contribution in [2.45, 2.75) is 45.2 Å². The van der Waals surface area contributed by atoms with Gasteiger partial charge in [0.2, 0.25) is 0 Å². The number of rotatable bonds is 2. The van der Waals surface area contributed by atoms with Gasteiger partial charge in [-0.3, -0.25) is 0 Å². The zero-order valence-corrected chi connectivity index (χ0v) is 11.0. The highest BCUT2D eigenvalue weighted by atomic mass is 15.0. The van der Waals surface area contributed by atoms with Gasteiger partial charge in [-0.25, -0.2) is 0 Å². The normalized spacial score (nSPS) is 23.5. The summed E-state index contributed by atoms with van der Waals surface area (Å²) < 4.78 is 0. The van der Waals surface area contributed by atoms with Gasteiger partial charge in [0.25, 0.3) is 0 Å². The third kappa shape index (κ3) is 2.16. The first-order valence-electron chi connectivity index (χ1n) is 6.63. The number of hydrogen-bond donors (Lipinski definition) is 1. The van der Waals surface area contributed by atoms with Crippen molar-refractivity contribution >= 4 is 6.08 Å². The molecular formula is C16H21N. The van der Waals surface area contributed by atoms with Crippen LogP contribution in [-0.2, 0) is 0 Å². The van der Waals surface area contributed by atoms with Crippen molar-refractivity contribution in [2.24, 2.45) is 5.92 Å². The van der Waals surface area contributed by atoms with Crippen molar-refractivity contribution in [1.29, 1.82) is 0 Å². The Bertz CT molecular complexity index is 461. The molecule has 1 heteroatoms. The van der Waals surface area contributed by atoms with E-state index in [0.29, 0.717) is 6.04 Å². The molecule has 0 radical (unpaired) electrons. The van der Waals surface area contributed by atoms with E-state index in [1.807, 2.05) is 0 Å². The van der Waals surface area contributed by atoms with E-state index in [-0.39, 0.29) is 5.54 Å². The van der Waals surface area contributed by atoms with E-state index in [4.69, 9.17) is 0 Å². The molecule has 1 aromatic carbocycles. The Balaban J connectivity index is 1.96. The molecule has 0 bridgehead atoms. The van der Waals surface area contributed by atoms with Crippen LogP contribution in [0.1, 0.15) is 50.8 Å². The Hall–Kier alpha value is -1.08. The Kier molecular flexibility index (Phi) is 2.41. The lowest BCUT2D eigenvalue weighted by atomic mass is 9.97. The van der Waals surface area contributed by atoms with Gasteiger partial charge in [-0.2, -0.15) is 0 Å². The second-order valence-corrected chi connectivity index (χ2v) is 6.37. The van der Waals surface area contributed by atoms with E-state index < -0.39 is 0 Å². The van der Waals surface area contributed by atoms with Crippen LogP contribution in [-0.4, -0.2) is 5.54 Å². The monoisotopic (exact) mass is 227 g/mol. The predicted molar refractivity (Wildman–Crippen MR) is 72.8 cm³/mol. The molecule has 0 saturated heterocycles. The lowest BCUT2D eigenvalue weighted by molar-refractivity contribution is 0.385. The summed E-state index contributed by atoms with van der Waals surface area (Å²) in [5, 5.41) is 3.78. The van der Waals surface area contributed by atoms with Crippen LogP contribution < -0.4 is 5.32 Å². The van der Waals surface area contributed by atoms with Crippen molar-refractivity contribution in [3.8, 4) is 0 Å². The van der Waals surface area contributed by atoms with Gasteiger partial charge in [0, 0.05) is 5.54 Å². The van der Waals surface area contributed by atoms with Gasteiger partial charge >= 0.3 is 0 Å². The average Bonchev–Trinajstić information content (AvgIpc) is 3.02. The van der Waals surface area contributed by atoms with Gasteiger partial charge in [0.05, 0.1) is 6.04 Å². The van der Waals surface area contributed by atoms with Crippen LogP contribution in [0.5, 0.6) is 0 Å². The summed E-state index contributed by atoms with van der Waals surface area (Å²) in [6.45, 7) is 6.75. The molecule has 1 fully saturated rings. The summed E-state index contributed by atoms with van der Waals surface area (Å²) in [6.07, 6.45) is 5.17. The van der Waals surface area contributed by atoms with E-state index in [1.165, 1.54) is 24.0 Å². The first kappa shape index (κ1) is 11.0. The molecule has 0 aliphatic heterocycles. The van der Waals surface area contributed by atoms with Gasteiger partial charge in [0.1, 0.15) is 0 Å². The summed E-state index contributed by atoms with van der Waals surface area (Å²) >= 11 is 0. The summed E-state index contributed by atoms with van der Waals surface area (Å²) in [5.41, 5.74) is 4.65. The molecule has 1 atom stereocenters. The topological polar surface area (TPSA) is 12.0 Å². The molecular weight excluding hydrogens is 206 g/mol. The summed E-state index contributed by atoms with van der Waals surface area (Å²) in [7, 11) is 0. The Morgan fingerprint density at radius 2 is 1.82 bits per heavy atom. The van der Waals surface area contributed by atoms with Crippen LogP contribution in [0.15, 0.2) is 29.8 Å². The summed E-state index contributed by atoms with van der Waals surface area (Å²) in [6, 6.07) is 9.24. The molecule has 90 valence electrons. The molecule has 1 saturated carbocycles. The molecule has 0 amide bonds. The Morgan fingerprint density at radius 3 is 2.47 bits per heavy atom. The highest BCUT2D eigenvalue weighted by Gasteiger charge is 2.36. The van der Waals surface area contributed by atoms with Crippen LogP contribution in [0.25, 0.3) is 6.08 Å². The lowest BCUT2D eigenvalue weighted by Crippen LogP contribution is -2.39. The van der Waals surface area contributed by atoms with Crippen LogP contribution in [0, 0.1) is 5.92 Å². The van der Waals surface area contributed by atoms with Crippen LogP contribution >= 0.6 is 0 Å². The van der Waals surface area contributed by atoms with E-state index in [9.17, 15) is 0 Å². The second-order valence-electron chi connectivity index (χ2n) is 6.37. The maximum atomic E-state index is 3.78. The maximum Gasteiger partial charge on any atom is 0.0551 e. The minimum Gasteiger partial charge on any atom is -0.302 e. The maximum absolute atomic E-state index is 3.78. The first-order chi connectivity index (χ1) is 8.04. The van der Waals surface area contributed by atoms with Crippen LogP contribution in [0.4, 0.5) is 0 Å². The largest absolute Gasteiger partial charge is 0.302 e. The Morgan fingerprint density at radius 1 is 1.12 bits per heavy atom. The molecule has 0 aromatic heterocycles. The van der Waals surface area contributed by atoms with Gasteiger partial charge in [-0.1, -0.05) is 30.3 Å². The zero-order valence-electron chi connectivity index (χ0n) is 11.0. The van der Waals surface area contributed by atoms with Crippen LogP contribution in [0.3, 0.4) is 0 Å². The second kappa shape index (κ2) is 3.71. The number of nitrogens with one attached hydrogen (secondary N) is 1. The van der Waals surface area contributed by atoms with Crippen molar-refractivity contribution in [2.75, 3.05) is 0 Å². The molecule has 2 aliphatic carbocycles. The molecule has 1 unspecified atom stereocenters. The van der Waals surface area contributed by atoms with E-state index >= 15 is 0 Å². The lowest BCUT2D eigenvalue weighted by Gasteiger charge is -2.28. The zero-order chi connectivity index (χ0) is 12.0. The van der Waals surface area contributed by atoms with Gasteiger partial charge < -0.3 is 5.32 Å². The number of benzene rings is 1. The number of fused-ring (bicyclic) bond motifs is 1. The fourth-order valence-corrected chi connectivity index (χ4v) is 2.71. The fraction of sp³-hybridized carbons (Fsp3) is 0.500. The standard InChI is InChI=1S/C16H21N/c1-16(2,3)17-15-13-7-5-4-6-12(13)10-14(15)11-8-9-11/h4-7,10-11,15,17H,8-9H2,1-3H3. The highest BCUT2D eigenvalue weighted by Crippen LogP contribution is 2.48. The third-order valence-electron chi connectivity index (χ3n) is 3.59. The van der Waals surface area contributed by atoms with E-state index in [1.54, 1.807) is 5.57 Å². The average molecular weight is 227 g/mol. The minimum absolute atomic E-state index is 0.163. The SMILES string of the molecule is CC(C)(C)NC1C(C2CC2)=Cc2ccccc21. The molecule has 0 spiro atoms. The van der Waals surface area contributed by atoms with Gasteiger partial charge in [0.15, 0.2) is 0 Å². The first-order valence-corrected chi connectivity index (χ1v) is 6.63. The van der Waals surface area contributed by atoms with Crippen molar-refractivity contribution in [1.82, 2.24) is 5.32 Å². The van der Waals surface area contributed by atoms with Gasteiger partial charge in [-0.05, 0) is 56.2 Å². The van der Waals surface area contributed by atoms with Crippen molar-refractivity contribution < 1.29 is 0 Å². The molecule has 0 heterocycles. The molecule has 1 N–H and O–H groups in total. The van der Waals surface area contributed by atoms with E-state index in [0.717, 1.165) is 5.92 Å². The summed E-state index contributed by atoms with van der Waals surface area (Å²) in [5.74, 6) is 0.835. The molecule has 1 aromatic rings. The minimum atomic E-state index is 0.163. The predicted octanol–water partition coefficient (Wildman–Crippen LogP) is 3.92. The highest BCUT2D eigenvalue weighted by molar-refractivity contribution is 5.67. The quantitative estimate of drug-likeness (QED) is 0.807. The summed E-state index contributed by atoms with van der Waals surface area (Å²) in [4.78, 5) is 0. The molecule has 1 nitrogen and oxygen atoms in total. The van der Waals surface area contributed by atoms with E-state index in [2.05, 4.69) is 56.4 Å².